The summed E-state index contributed by atoms with van der Waals surface area (Å²) in [4.78, 5) is 11.9. The van der Waals surface area contributed by atoms with E-state index in [9.17, 15) is 4.79 Å². The lowest BCUT2D eigenvalue weighted by atomic mass is 10.1. The van der Waals surface area contributed by atoms with E-state index in [1.807, 2.05) is 42.5 Å². The van der Waals surface area contributed by atoms with Crippen LogP contribution in [0, 0.1) is 0 Å². The molecule has 2 aromatic carbocycles. The average molecular weight is 281 g/mol. The molecule has 0 atom stereocenters. The van der Waals surface area contributed by atoms with Crippen LogP contribution >= 0.6 is 0 Å². The van der Waals surface area contributed by atoms with Gasteiger partial charge in [-0.25, -0.2) is 0 Å². The van der Waals surface area contributed by atoms with Gasteiger partial charge < -0.3 is 10.1 Å². The highest BCUT2D eigenvalue weighted by atomic mass is 16.5. The minimum atomic E-state index is 0.0615. The van der Waals surface area contributed by atoms with Gasteiger partial charge in [0, 0.05) is 12.1 Å². The second kappa shape index (κ2) is 8.02. The van der Waals surface area contributed by atoms with Crippen molar-refractivity contribution in [2.24, 2.45) is 0 Å². The van der Waals surface area contributed by atoms with Crippen LogP contribution in [0.25, 0.3) is 0 Å². The molecule has 0 amide bonds. The number of rotatable bonds is 8. The number of Topliss-reactive ketones (excluding diaryl/α,β-unsaturated/α-hetero) is 1. The summed E-state index contributed by atoms with van der Waals surface area (Å²) in [5, 5.41) is 3.00. The summed E-state index contributed by atoms with van der Waals surface area (Å²) in [6.45, 7) is 5.06. The summed E-state index contributed by atoms with van der Waals surface area (Å²) in [5.41, 5.74) is 1.80. The van der Waals surface area contributed by atoms with Gasteiger partial charge in [0.2, 0.25) is 0 Å². The molecular weight excluding hydrogens is 262 g/mol. The molecule has 3 heteroatoms. The van der Waals surface area contributed by atoms with E-state index in [4.69, 9.17) is 4.74 Å². The van der Waals surface area contributed by atoms with Crippen LogP contribution in [0.15, 0.2) is 67.3 Å². The minimum Gasteiger partial charge on any atom is -0.489 e. The molecule has 21 heavy (non-hydrogen) atoms. The Kier molecular flexibility index (Phi) is 5.73. The molecule has 0 radical (unpaired) electrons. The van der Waals surface area contributed by atoms with E-state index < -0.39 is 0 Å². The Hall–Kier alpha value is -2.39. The molecule has 0 aliphatic carbocycles. The van der Waals surface area contributed by atoms with Gasteiger partial charge in [0.05, 0.1) is 6.54 Å². The van der Waals surface area contributed by atoms with E-state index in [0.29, 0.717) is 25.3 Å². The standard InChI is InChI=1S/C18H19NO2/c1-2-12-19-13-18(20)16-8-10-17(11-9-16)21-14-15-6-4-3-5-7-15/h2-11,19H,1,12-14H2. The molecule has 1 N–H and O–H groups in total. The first kappa shape index (κ1) is 15.0. The van der Waals surface area contributed by atoms with Crippen LogP contribution in [-0.2, 0) is 6.61 Å². The van der Waals surface area contributed by atoms with Gasteiger partial charge in [0.15, 0.2) is 5.78 Å². The fraction of sp³-hybridized carbons (Fsp3) is 0.167. The van der Waals surface area contributed by atoms with E-state index >= 15 is 0 Å². The molecular formula is C18H19NO2. The summed E-state index contributed by atoms with van der Waals surface area (Å²) in [6.07, 6.45) is 1.73. The molecule has 0 fully saturated rings. The zero-order chi connectivity index (χ0) is 14.9. The quantitative estimate of drug-likeness (QED) is 0.458. The van der Waals surface area contributed by atoms with E-state index in [0.717, 1.165) is 11.3 Å². The van der Waals surface area contributed by atoms with Gasteiger partial charge in [-0.05, 0) is 29.8 Å². The number of ether oxygens (including phenoxy) is 1. The largest absolute Gasteiger partial charge is 0.489 e. The van der Waals surface area contributed by atoms with Crippen LogP contribution in [0.3, 0.4) is 0 Å². The van der Waals surface area contributed by atoms with Gasteiger partial charge in [-0.3, -0.25) is 4.79 Å². The monoisotopic (exact) mass is 281 g/mol. The van der Waals surface area contributed by atoms with Crippen LogP contribution in [0.1, 0.15) is 15.9 Å². The number of carbonyl (C=O) groups is 1. The highest BCUT2D eigenvalue weighted by Gasteiger charge is 2.05. The number of carbonyl (C=O) groups excluding carboxylic acids is 1. The Bertz CT molecular complexity index is 576. The van der Waals surface area contributed by atoms with Gasteiger partial charge in [0.25, 0.3) is 0 Å². The maximum absolute atomic E-state index is 11.9. The van der Waals surface area contributed by atoms with Crippen molar-refractivity contribution in [1.29, 1.82) is 0 Å². The highest BCUT2D eigenvalue weighted by molar-refractivity contribution is 5.97. The summed E-state index contributed by atoms with van der Waals surface area (Å²) in [5.74, 6) is 0.820. The Balaban J connectivity index is 1.86. The third kappa shape index (κ3) is 4.89. The predicted molar refractivity (Wildman–Crippen MR) is 84.6 cm³/mol. The third-order valence-corrected chi connectivity index (χ3v) is 3.00. The molecule has 0 heterocycles. The van der Waals surface area contributed by atoms with Gasteiger partial charge in [-0.2, -0.15) is 0 Å². The number of hydrogen-bond donors (Lipinski definition) is 1. The molecule has 108 valence electrons. The molecule has 0 aliphatic heterocycles. The third-order valence-electron chi connectivity index (χ3n) is 3.00. The topological polar surface area (TPSA) is 38.3 Å². The lowest BCUT2D eigenvalue weighted by molar-refractivity contribution is 0.0992. The van der Waals surface area contributed by atoms with Crippen LogP contribution in [-0.4, -0.2) is 18.9 Å². The molecule has 0 aliphatic rings. The Morgan fingerprint density at radius 3 is 2.48 bits per heavy atom. The van der Waals surface area contributed by atoms with Gasteiger partial charge in [-0.15, -0.1) is 6.58 Å². The molecule has 0 bridgehead atoms. The number of ketones is 1. The molecule has 0 aromatic heterocycles. The smallest absolute Gasteiger partial charge is 0.176 e. The van der Waals surface area contributed by atoms with Crippen molar-refractivity contribution < 1.29 is 9.53 Å². The molecule has 3 nitrogen and oxygen atoms in total. The highest BCUT2D eigenvalue weighted by Crippen LogP contribution is 2.14. The maximum Gasteiger partial charge on any atom is 0.176 e. The first-order valence-corrected chi connectivity index (χ1v) is 6.91. The summed E-state index contributed by atoms with van der Waals surface area (Å²) in [6, 6.07) is 17.2. The first-order valence-electron chi connectivity index (χ1n) is 6.91. The van der Waals surface area contributed by atoms with Crippen LogP contribution < -0.4 is 10.1 Å². The summed E-state index contributed by atoms with van der Waals surface area (Å²) >= 11 is 0. The molecule has 0 unspecified atom stereocenters. The molecule has 2 rings (SSSR count). The van der Waals surface area contributed by atoms with Crippen LogP contribution in [0.5, 0.6) is 5.75 Å². The fourth-order valence-electron chi connectivity index (χ4n) is 1.87. The Morgan fingerprint density at radius 2 is 1.81 bits per heavy atom. The van der Waals surface area contributed by atoms with Crippen molar-refractivity contribution in [3.8, 4) is 5.75 Å². The average Bonchev–Trinajstić information content (AvgIpc) is 2.54. The second-order valence-corrected chi connectivity index (χ2v) is 4.64. The van der Waals surface area contributed by atoms with E-state index in [1.165, 1.54) is 0 Å². The van der Waals surface area contributed by atoms with E-state index in [1.54, 1.807) is 18.2 Å². The maximum atomic E-state index is 11.9. The number of nitrogens with one attached hydrogen (secondary N) is 1. The minimum absolute atomic E-state index is 0.0615. The van der Waals surface area contributed by atoms with Crippen molar-refractivity contribution in [2.75, 3.05) is 13.1 Å². The van der Waals surface area contributed by atoms with Crippen molar-refractivity contribution in [1.82, 2.24) is 5.32 Å². The predicted octanol–water partition coefficient (Wildman–Crippen LogP) is 3.22. The zero-order valence-corrected chi connectivity index (χ0v) is 11.9. The Labute approximate surface area is 125 Å². The Morgan fingerprint density at radius 1 is 1.10 bits per heavy atom. The van der Waals surface area contributed by atoms with Gasteiger partial charge in [0.1, 0.15) is 12.4 Å². The molecule has 0 spiro atoms. The van der Waals surface area contributed by atoms with E-state index in [-0.39, 0.29) is 5.78 Å². The number of hydrogen-bond acceptors (Lipinski definition) is 3. The summed E-state index contributed by atoms with van der Waals surface area (Å²) in [7, 11) is 0. The normalized spacial score (nSPS) is 10.1. The van der Waals surface area contributed by atoms with Crippen LogP contribution in [0.4, 0.5) is 0 Å². The van der Waals surface area contributed by atoms with Gasteiger partial charge >= 0.3 is 0 Å². The molecule has 0 saturated carbocycles. The zero-order valence-electron chi connectivity index (χ0n) is 11.9. The SMILES string of the molecule is C=CCNCC(=O)c1ccc(OCc2ccccc2)cc1. The van der Waals surface area contributed by atoms with E-state index in [2.05, 4.69) is 11.9 Å². The lowest BCUT2D eigenvalue weighted by Gasteiger charge is -2.07. The van der Waals surface area contributed by atoms with Crippen LogP contribution in [0.2, 0.25) is 0 Å². The number of benzene rings is 2. The van der Waals surface area contributed by atoms with Crippen molar-refractivity contribution in [3.05, 3.63) is 78.4 Å². The van der Waals surface area contributed by atoms with Crippen molar-refractivity contribution >= 4 is 5.78 Å². The molecule has 0 saturated heterocycles. The second-order valence-electron chi connectivity index (χ2n) is 4.64. The first-order chi connectivity index (χ1) is 10.3. The molecule has 2 aromatic rings. The van der Waals surface area contributed by atoms with Crippen molar-refractivity contribution in [3.63, 3.8) is 0 Å². The lowest BCUT2D eigenvalue weighted by Crippen LogP contribution is -2.22. The van der Waals surface area contributed by atoms with Gasteiger partial charge in [-0.1, -0.05) is 36.4 Å². The van der Waals surface area contributed by atoms with Crippen molar-refractivity contribution in [2.45, 2.75) is 6.61 Å². The fourth-order valence-corrected chi connectivity index (χ4v) is 1.87. The summed E-state index contributed by atoms with van der Waals surface area (Å²) < 4.78 is 5.69.